The van der Waals surface area contributed by atoms with Gasteiger partial charge in [-0.15, -0.1) is 0 Å². The number of hydrogen-bond donors (Lipinski definition) is 3. The minimum absolute atomic E-state index is 0.000704. The maximum Gasteiger partial charge on any atom is 0.319 e. The highest BCUT2D eigenvalue weighted by Gasteiger charge is 2.09. The van der Waals surface area contributed by atoms with Crippen molar-refractivity contribution in [2.75, 3.05) is 23.7 Å². The van der Waals surface area contributed by atoms with Crippen LogP contribution >= 0.6 is 0 Å². The van der Waals surface area contributed by atoms with Gasteiger partial charge in [0.2, 0.25) is 11.8 Å². The van der Waals surface area contributed by atoms with Gasteiger partial charge in [0.15, 0.2) is 0 Å². The Hall–Kier alpha value is -3.35. The first kappa shape index (κ1) is 21.0. The van der Waals surface area contributed by atoms with Gasteiger partial charge >= 0.3 is 6.03 Å². The van der Waals surface area contributed by atoms with E-state index < -0.39 is 6.03 Å². The van der Waals surface area contributed by atoms with Crippen LogP contribution in [-0.2, 0) is 16.1 Å². The molecular formula is C21H26N4O3. The number of aryl methyl sites for hydroxylation is 1. The maximum absolute atomic E-state index is 12.1. The Kier molecular flexibility index (Phi) is 7.56. The second-order valence-corrected chi connectivity index (χ2v) is 6.46. The molecule has 0 aliphatic rings. The molecule has 3 N–H and O–H groups in total. The van der Waals surface area contributed by atoms with E-state index in [4.69, 9.17) is 0 Å². The summed E-state index contributed by atoms with van der Waals surface area (Å²) in [6.45, 7) is 6.32. The molecule has 2 aromatic rings. The molecule has 2 aromatic carbocycles. The number of carbonyl (C=O) groups excluding carboxylic acids is 3. The van der Waals surface area contributed by atoms with E-state index in [1.807, 2.05) is 50.2 Å². The van der Waals surface area contributed by atoms with Gasteiger partial charge in [-0.3, -0.25) is 9.59 Å². The van der Waals surface area contributed by atoms with Gasteiger partial charge in [0.25, 0.3) is 0 Å². The zero-order valence-electron chi connectivity index (χ0n) is 16.4. The first-order valence-electron chi connectivity index (χ1n) is 9.13. The number of amides is 4. The lowest BCUT2D eigenvalue weighted by Crippen LogP contribution is -2.35. The minimum Gasteiger partial charge on any atom is -0.339 e. The van der Waals surface area contributed by atoms with Crippen LogP contribution in [0.3, 0.4) is 0 Å². The van der Waals surface area contributed by atoms with Gasteiger partial charge in [-0.05, 0) is 49.2 Å². The summed E-state index contributed by atoms with van der Waals surface area (Å²) in [7, 11) is 0. The monoisotopic (exact) mass is 382 g/mol. The highest BCUT2D eigenvalue weighted by atomic mass is 16.2. The average Bonchev–Trinajstić information content (AvgIpc) is 2.64. The Morgan fingerprint density at radius 1 is 0.964 bits per heavy atom. The smallest absolute Gasteiger partial charge is 0.319 e. The van der Waals surface area contributed by atoms with Crippen LogP contribution in [0.2, 0.25) is 0 Å². The molecule has 7 nitrogen and oxygen atoms in total. The summed E-state index contributed by atoms with van der Waals surface area (Å²) in [6, 6.07) is 14.2. The number of urea groups is 1. The fourth-order valence-electron chi connectivity index (χ4n) is 2.68. The van der Waals surface area contributed by atoms with E-state index in [2.05, 4.69) is 16.0 Å². The molecule has 7 heteroatoms. The molecule has 0 saturated carbocycles. The van der Waals surface area contributed by atoms with E-state index in [1.54, 1.807) is 17.0 Å². The fourth-order valence-corrected chi connectivity index (χ4v) is 2.68. The summed E-state index contributed by atoms with van der Waals surface area (Å²) < 4.78 is 0. The van der Waals surface area contributed by atoms with Crippen molar-refractivity contribution in [2.45, 2.75) is 27.3 Å². The number of hydrogen-bond acceptors (Lipinski definition) is 3. The van der Waals surface area contributed by atoms with Crippen molar-refractivity contribution in [3.05, 3.63) is 59.7 Å². The van der Waals surface area contributed by atoms with Crippen LogP contribution in [0.5, 0.6) is 0 Å². The Labute approximate surface area is 165 Å². The van der Waals surface area contributed by atoms with Crippen LogP contribution in [-0.4, -0.2) is 35.8 Å². The lowest BCUT2D eigenvalue weighted by atomic mass is 10.2. The summed E-state index contributed by atoms with van der Waals surface area (Å²) in [6.07, 6.45) is 0. The van der Waals surface area contributed by atoms with E-state index >= 15 is 0 Å². The van der Waals surface area contributed by atoms with Gasteiger partial charge < -0.3 is 20.9 Å². The Morgan fingerprint density at radius 2 is 1.64 bits per heavy atom. The van der Waals surface area contributed by atoms with Crippen LogP contribution in [0, 0.1) is 6.92 Å². The summed E-state index contributed by atoms with van der Waals surface area (Å²) in [4.78, 5) is 37.3. The molecule has 0 aromatic heterocycles. The predicted molar refractivity (Wildman–Crippen MR) is 110 cm³/mol. The lowest BCUT2D eigenvalue weighted by Gasteiger charge is -2.19. The van der Waals surface area contributed by atoms with E-state index in [1.165, 1.54) is 6.92 Å². The molecule has 4 amide bonds. The Balaban J connectivity index is 1.84. The Morgan fingerprint density at radius 3 is 2.29 bits per heavy atom. The molecule has 0 spiro atoms. The molecule has 0 fully saturated rings. The molecule has 2 rings (SSSR count). The minimum atomic E-state index is -0.449. The summed E-state index contributed by atoms with van der Waals surface area (Å²) in [5, 5.41) is 7.95. The molecule has 0 saturated heterocycles. The fraction of sp³-hybridized carbons (Fsp3) is 0.286. The van der Waals surface area contributed by atoms with Crippen LogP contribution in [0.1, 0.15) is 25.0 Å². The van der Waals surface area contributed by atoms with Crippen molar-refractivity contribution in [1.82, 2.24) is 10.2 Å². The molecule has 0 unspecified atom stereocenters. The highest BCUT2D eigenvalue weighted by molar-refractivity contribution is 5.97. The van der Waals surface area contributed by atoms with E-state index in [-0.39, 0.29) is 18.4 Å². The summed E-state index contributed by atoms with van der Waals surface area (Å²) >= 11 is 0. The number of anilines is 2. The van der Waals surface area contributed by atoms with Crippen molar-refractivity contribution in [2.24, 2.45) is 0 Å². The van der Waals surface area contributed by atoms with Crippen LogP contribution in [0.4, 0.5) is 16.2 Å². The van der Waals surface area contributed by atoms with Gasteiger partial charge in [-0.25, -0.2) is 4.79 Å². The topological polar surface area (TPSA) is 90.5 Å². The van der Waals surface area contributed by atoms with Gasteiger partial charge in [0.1, 0.15) is 0 Å². The third kappa shape index (κ3) is 6.75. The molecule has 0 aliphatic heterocycles. The zero-order valence-corrected chi connectivity index (χ0v) is 16.4. The van der Waals surface area contributed by atoms with E-state index in [0.717, 1.165) is 11.1 Å². The zero-order chi connectivity index (χ0) is 20.5. The molecule has 0 aliphatic carbocycles. The average molecular weight is 382 g/mol. The number of benzene rings is 2. The van der Waals surface area contributed by atoms with Crippen molar-refractivity contribution in [3.63, 3.8) is 0 Å². The van der Waals surface area contributed by atoms with Gasteiger partial charge in [0, 0.05) is 31.4 Å². The number of nitrogens with zero attached hydrogens (tertiary/aromatic N) is 1. The third-order valence-corrected chi connectivity index (χ3v) is 4.10. The van der Waals surface area contributed by atoms with E-state index in [0.29, 0.717) is 24.5 Å². The highest BCUT2D eigenvalue weighted by Crippen LogP contribution is 2.13. The first-order chi connectivity index (χ1) is 13.4. The standard InChI is InChI=1S/C21H26N4O3/c1-4-25(16(3)26)14-17-8-6-10-19(12-17)23-20(27)13-22-21(28)24-18-9-5-7-15(2)11-18/h5-12H,4,13-14H2,1-3H3,(H,23,27)(H2,22,24,28). The van der Waals surface area contributed by atoms with Gasteiger partial charge in [-0.2, -0.15) is 0 Å². The van der Waals surface area contributed by atoms with Crippen molar-refractivity contribution in [3.8, 4) is 0 Å². The third-order valence-electron chi connectivity index (χ3n) is 4.10. The molecule has 0 bridgehead atoms. The second-order valence-electron chi connectivity index (χ2n) is 6.46. The van der Waals surface area contributed by atoms with Crippen molar-refractivity contribution < 1.29 is 14.4 Å². The summed E-state index contributed by atoms with van der Waals surface area (Å²) in [5.41, 5.74) is 3.22. The van der Waals surface area contributed by atoms with E-state index in [9.17, 15) is 14.4 Å². The van der Waals surface area contributed by atoms with Crippen LogP contribution in [0.15, 0.2) is 48.5 Å². The summed E-state index contributed by atoms with van der Waals surface area (Å²) in [5.74, 6) is -0.337. The molecular weight excluding hydrogens is 356 g/mol. The first-order valence-corrected chi connectivity index (χ1v) is 9.13. The van der Waals surface area contributed by atoms with Crippen LogP contribution < -0.4 is 16.0 Å². The Bertz CT molecular complexity index is 851. The SMILES string of the molecule is CCN(Cc1cccc(NC(=O)CNC(=O)Nc2cccc(C)c2)c1)C(C)=O. The lowest BCUT2D eigenvalue weighted by molar-refractivity contribution is -0.129. The normalized spacial score (nSPS) is 10.1. The number of carbonyl (C=O) groups is 3. The van der Waals surface area contributed by atoms with Crippen LogP contribution in [0.25, 0.3) is 0 Å². The van der Waals surface area contributed by atoms with Gasteiger partial charge in [0.05, 0.1) is 6.54 Å². The van der Waals surface area contributed by atoms with Crippen molar-refractivity contribution >= 4 is 29.2 Å². The predicted octanol–water partition coefficient (Wildman–Crippen LogP) is 3.12. The maximum atomic E-state index is 12.1. The number of rotatable bonds is 7. The quantitative estimate of drug-likeness (QED) is 0.687. The largest absolute Gasteiger partial charge is 0.339 e. The molecule has 0 atom stereocenters. The van der Waals surface area contributed by atoms with Gasteiger partial charge in [-0.1, -0.05) is 24.3 Å². The molecule has 148 valence electrons. The molecule has 28 heavy (non-hydrogen) atoms. The second kappa shape index (κ2) is 10.1. The molecule has 0 radical (unpaired) electrons. The van der Waals surface area contributed by atoms with Crippen molar-refractivity contribution in [1.29, 1.82) is 0 Å². The number of nitrogens with one attached hydrogen (secondary N) is 3. The molecule has 0 heterocycles.